The second kappa shape index (κ2) is 9.42. The fraction of sp³-hybridized carbons (Fsp3) is 0.667. The molecule has 27 heavy (non-hydrogen) atoms. The van der Waals surface area contributed by atoms with E-state index in [1.165, 1.54) is 17.5 Å². The number of piperidine rings is 1. The Kier molecular flexibility index (Phi) is 6.96. The van der Waals surface area contributed by atoms with E-state index in [2.05, 4.69) is 30.0 Å². The van der Waals surface area contributed by atoms with E-state index in [4.69, 9.17) is 9.94 Å². The van der Waals surface area contributed by atoms with Crippen molar-refractivity contribution in [1.82, 2.24) is 15.3 Å². The lowest BCUT2D eigenvalue weighted by atomic mass is 9.86. The molecule has 2 aliphatic rings. The molecule has 1 aliphatic heterocycles. The summed E-state index contributed by atoms with van der Waals surface area (Å²) >= 11 is 0. The van der Waals surface area contributed by atoms with E-state index in [1.807, 2.05) is 0 Å². The summed E-state index contributed by atoms with van der Waals surface area (Å²) in [5.41, 5.74) is 4.64. The molecule has 1 aromatic rings. The van der Waals surface area contributed by atoms with Crippen LogP contribution in [0.25, 0.3) is 0 Å². The van der Waals surface area contributed by atoms with Crippen molar-refractivity contribution in [2.24, 2.45) is 5.92 Å². The lowest BCUT2D eigenvalue weighted by Gasteiger charge is -2.39. The van der Waals surface area contributed by atoms with Gasteiger partial charge in [-0.05, 0) is 74.2 Å². The Hall–Kier alpha value is -1.79. The summed E-state index contributed by atoms with van der Waals surface area (Å²) in [5, 5.41) is 8.80. The standard InChI is InChI=1S/C21H33N3O3/c1-3-10-24(15-16-8-11-23(12-9-16)21(25)22-26)19-6-4-17-5-7-20(27-2)14-18(17)13-19/h5,7,14,16,19,26H,3-4,6,8-13,15H2,1-2H3,(H,22,25). The van der Waals surface area contributed by atoms with Gasteiger partial charge in [-0.15, -0.1) is 0 Å². The topological polar surface area (TPSA) is 65.0 Å². The minimum absolute atomic E-state index is 0.378. The maximum absolute atomic E-state index is 11.6. The van der Waals surface area contributed by atoms with Crippen LogP contribution in [0.2, 0.25) is 0 Å². The van der Waals surface area contributed by atoms with Gasteiger partial charge >= 0.3 is 6.03 Å². The van der Waals surface area contributed by atoms with Crippen LogP contribution in [0.15, 0.2) is 18.2 Å². The van der Waals surface area contributed by atoms with Crippen LogP contribution in [0.4, 0.5) is 4.79 Å². The van der Waals surface area contributed by atoms with E-state index in [1.54, 1.807) is 17.5 Å². The molecule has 1 atom stereocenters. The molecule has 150 valence electrons. The zero-order chi connectivity index (χ0) is 19.2. The first-order valence-corrected chi connectivity index (χ1v) is 10.2. The Morgan fingerprint density at radius 1 is 1.30 bits per heavy atom. The van der Waals surface area contributed by atoms with Crippen molar-refractivity contribution in [3.8, 4) is 5.75 Å². The number of nitrogens with one attached hydrogen (secondary N) is 1. The predicted molar refractivity (Wildman–Crippen MR) is 105 cm³/mol. The molecule has 1 saturated heterocycles. The van der Waals surface area contributed by atoms with E-state index in [0.717, 1.165) is 64.0 Å². The molecule has 2 amide bonds. The van der Waals surface area contributed by atoms with Gasteiger partial charge in [-0.1, -0.05) is 13.0 Å². The third-order valence-corrected chi connectivity index (χ3v) is 6.13. The van der Waals surface area contributed by atoms with Gasteiger partial charge in [-0.2, -0.15) is 0 Å². The van der Waals surface area contributed by atoms with Gasteiger partial charge in [-0.3, -0.25) is 10.1 Å². The number of rotatable bonds is 6. The van der Waals surface area contributed by atoms with Crippen LogP contribution in [0.1, 0.15) is 43.7 Å². The Bertz CT molecular complexity index is 629. The van der Waals surface area contributed by atoms with E-state index in [-0.39, 0.29) is 6.03 Å². The molecule has 1 unspecified atom stereocenters. The number of carbonyl (C=O) groups excluding carboxylic acids is 1. The summed E-state index contributed by atoms with van der Waals surface area (Å²) in [6.45, 7) is 5.93. The third kappa shape index (κ3) is 4.93. The van der Waals surface area contributed by atoms with Gasteiger partial charge < -0.3 is 9.64 Å². The van der Waals surface area contributed by atoms with Crippen LogP contribution in [0.3, 0.4) is 0 Å². The number of aryl methyl sites for hydroxylation is 1. The highest BCUT2D eigenvalue weighted by Gasteiger charge is 2.28. The molecule has 1 heterocycles. The largest absolute Gasteiger partial charge is 0.497 e. The van der Waals surface area contributed by atoms with Gasteiger partial charge in [0.25, 0.3) is 0 Å². The van der Waals surface area contributed by atoms with Crippen molar-refractivity contribution in [2.45, 2.75) is 51.5 Å². The third-order valence-electron chi connectivity index (χ3n) is 6.13. The van der Waals surface area contributed by atoms with Gasteiger partial charge in [0.2, 0.25) is 0 Å². The molecule has 6 heteroatoms. The lowest BCUT2D eigenvalue weighted by molar-refractivity contribution is 0.0965. The maximum Gasteiger partial charge on any atom is 0.341 e. The van der Waals surface area contributed by atoms with Crippen molar-refractivity contribution in [3.63, 3.8) is 0 Å². The molecule has 1 aliphatic carbocycles. The van der Waals surface area contributed by atoms with Gasteiger partial charge in [0, 0.05) is 25.7 Å². The number of carbonyl (C=O) groups is 1. The van der Waals surface area contributed by atoms with Crippen LogP contribution in [0, 0.1) is 5.92 Å². The molecule has 2 N–H and O–H groups in total. The van der Waals surface area contributed by atoms with Gasteiger partial charge in [0.15, 0.2) is 0 Å². The van der Waals surface area contributed by atoms with Crippen LogP contribution < -0.4 is 10.2 Å². The second-order valence-corrected chi connectivity index (χ2v) is 7.87. The maximum atomic E-state index is 11.6. The average Bonchev–Trinajstić information content (AvgIpc) is 2.72. The first kappa shape index (κ1) is 20.0. The molecule has 0 aromatic heterocycles. The van der Waals surface area contributed by atoms with Crippen molar-refractivity contribution >= 4 is 6.03 Å². The number of hydrogen-bond donors (Lipinski definition) is 2. The number of amides is 2. The number of likely N-dealkylation sites (tertiary alicyclic amines) is 1. The Morgan fingerprint density at radius 2 is 2.07 bits per heavy atom. The Balaban J connectivity index is 1.60. The highest BCUT2D eigenvalue weighted by molar-refractivity contribution is 5.72. The smallest absolute Gasteiger partial charge is 0.341 e. The summed E-state index contributed by atoms with van der Waals surface area (Å²) in [5.74, 6) is 1.57. The first-order chi connectivity index (χ1) is 13.1. The summed E-state index contributed by atoms with van der Waals surface area (Å²) in [6.07, 6.45) is 6.62. The second-order valence-electron chi connectivity index (χ2n) is 7.87. The quantitative estimate of drug-likeness (QED) is 0.592. The fourth-order valence-corrected chi connectivity index (χ4v) is 4.58. The van der Waals surface area contributed by atoms with Crippen LogP contribution in [-0.2, 0) is 12.8 Å². The van der Waals surface area contributed by atoms with E-state index in [9.17, 15) is 4.79 Å². The highest BCUT2D eigenvalue weighted by Crippen LogP contribution is 2.29. The minimum atomic E-state index is -0.378. The number of hydrogen-bond acceptors (Lipinski definition) is 4. The molecule has 0 saturated carbocycles. The van der Waals surface area contributed by atoms with E-state index >= 15 is 0 Å². The summed E-state index contributed by atoms with van der Waals surface area (Å²) < 4.78 is 5.41. The van der Waals surface area contributed by atoms with Gasteiger partial charge in [0.05, 0.1) is 7.11 Å². The minimum Gasteiger partial charge on any atom is -0.497 e. The summed E-state index contributed by atoms with van der Waals surface area (Å²) in [7, 11) is 1.73. The summed E-state index contributed by atoms with van der Waals surface area (Å²) in [4.78, 5) is 15.9. The molecular formula is C21H33N3O3. The molecule has 0 spiro atoms. The van der Waals surface area contributed by atoms with Gasteiger partial charge in [0.1, 0.15) is 5.75 Å². The lowest BCUT2D eigenvalue weighted by Crippen LogP contribution is -2.47. The molecule has 1 aromatic carbocycles. The van der Waals surface area contributed by atoms with Crippen molar-refractivity contribution in [1.29, 1.82) is 0 Å². The van der Waals surface area contributed by atoms with Crippen molar-refractivity contribution in [3.05, 3.63) is 29.3 Å². The SMILES string of the molecule is CCCN(CC1CCN(C(=O)NO)CC1)C1CCc2ccc(OC)cc2C1. The zero-order valence-electron chi connectivity index (χ0n) is 16.6. The van der Waals surface area contributed by atoms with E-state index < -0.39 is 0 Å². The van der Waals surface area contributed by atoms with Crippen LogP contribution in [-0.4, -0.2) is 60.4 Å². The first-order valence-electron chi connectivity index (χ1n) is 10.2. The molecule has 0 bridgehead atoms. The van der Waals surface area contributed by atoms with Gasteiger partial charge in [-0.25, -0.2) is 10.3 Å². The molecular weight excluding hydrogens is 342 g/mol. The Morgan fingerprint density at radius 3 is 2.74 bits per heavy atom. The highest BCUT2D eigenvalue weighted by atomic mass is 16.5. The number of benzene rings is 1. The Labute approximate surface area is 162 Å². The molecule has 1 fully saturated rings. The molecule has 0 radical (unpaired) electrons. The predicted octanol–water partition coefficient (Wildman–Crippen LogP) is 3.08. The monoisotopic (exact) mass is 375 g/mol. The average molecular weight is 376 g/mol. The normalized spacial score (nSPS) is 20.4. The molecule has 3 rings (SSSR count). The number of nitrogens with zero attached hydrogens (tertiary/aromatic N) is 2. The van der Waals surface area contributed by atoms with Crippen molar-refractivity contribution in [2.75, 3.05) is 33.3 Å². The van der Waals surface area contributed by atoms with Crippen LogP contribution in [0.5, 0.6) is 5.75 Å². The number of fused-ring (bicyclic) bond motifs is 1. The molecule has 6 nitrogen and oxygen atoms in total. The van der Waals surface area contributed by atoms with Crippen molar-refractivity contribution < 1.29 is 14.7 Å². The zero-order valence-corrected chi connectivity index (χ0v) is 16.6. The number of ether oxygens (including phenoxy) is 1. The number of urea groups is 1. The number of methoxy groups -OCH3 is 1. The number of hydroxylamine groups is 1. The summed E-state index contributed by atoms with van der Waals surface area (Å²) in [6, 6.07) is 6.70. The fourth-order valence-electron chi connectivity index (χ4n) is 4.58. The van der Waals surface area contributed by atoms with Crippen LogP contribution >= 0.6 is 0 Å². The van der Waals surface area contributed by atoms with E-state index in [0.29, 0.717) is 12.0 Å².